The number of halogens is 3. The first-order valence-electron chi connectivity index (χ1n) is 10.1. The third kappa shape index (κ3) is 7.43. The van der Waals surface area contributed by atoms with E-state index in [1.807, 2.05) is 31.2 Å². The highest BCUT2D eigenvalue weighted by Crippen LogP contribution is 2.26. The largest absolute Gasteiger partial charge is 0.573 e. The summed E-state index contributed by atoms with van der Waals surface area (Å²) < 4.78 is 64.3. The molecule has 0 bridgehead atoms. The Morgan fingerprint density at radius 3 is 2.30 bits per heavy atom. The van der Waals surface area contributed by atoms with Gasteiger partial charge in [-0.2, -0.15) is 0 Å². The molecule has 1 atom stereocenters. The van der Waals surface area contributed by atoms with Gasteiger partial charge in [0, 0.05) is 17.3 Å². The Balaban J connectivity index is 1.70. The van der Waals surface area contributed by atoms with Crippen LogP contribution in [-0.4, -0.2) is 30.0 Å². The number of hydrogen-bond donors (Lipinski definition) is 2. The fraction of sp³-hybridized carbons (Fsp3) is 0.273. The van der Waals surface area contributed by atoms with Crippen molar-refractivity contribution in [3.05, 3.63) is 66.5 Å². The minimum Gasteiger partial charge on any atom is -0.406 e. The lowest BCUT2D eigenvalue weighted by Crippen LogP contribution is -2.30. The summed E-state index contributed by atoms with van der Waals surface area (Å²) in [7, 11) is -3.63. The molecular formula is C22H23F3N4O3S. The van der Waals surface area contributed by atoms with Crippen molar-refractivity contribution in [1.82, 2.24) is 9.97 Å². The van der Waals surface area contributed by atoms with E-state index in [0.717, 1.165) is 11.1 Å². The van der Waals surface area contributed by atoms with Crippen molar-refractivity contribution in [3.63, 3.8) is 0 Å². The van der Waals surface area contributed by atoms with Crippen LogP contribution in [0.1, 0.15) is 25.3 Å². The molecule has 0 fully saturated rings. The van der Waals surface area contributed by atoms with E-state index >= 15 is 0 Å². The number of benzene rings is 2. The van der Waals surface area contributed by atoms with Gasteiger partial charge in [-0.3, -0.25) is 0 Å². The molecule has 7 nitrogen and oxygen atoms in total. The van der Waals surface area contributed by atoms with Gasteiger partial charge in [-0.05, 0) is 42.7 Å². The summed E-state index contributed by atoms with van der Waals surface area (Å²) in [6.45, 7) is 1.91. The average molecular weight is 481 g/mol. The molecule has 0 radical (unpaired) electrons. The van der Waals surface area contributed by atoms with Crippen LogP contribution in [-0.2, 0) is 16.4 Å². The maximum Gasteiger partial charge on any atom is 0.573 e. The quantitative estimate of drug-likeness (QED) is 0.456. The van der Waals surface area contributed by atoms with Gasteiger partial charge in [-0.15, -0.1) is 13.2 Å². The molecule has 0 saturated heterocycles. The molecular weight excluding hydrogens is 457 g/mol. The van der Waals surface area contributed by atoms with E-state index in [1.165, 1.54) is 30.6 Å². The van der Waals surface area contributed by atoms with Gasteiger partial charge < -0.3 is 10.1 Å². The van der Waals surface area contributed by atoms with E-state index in [1.54, 1.807) is 6.07 Å². The summed E-state index contributed by atoms with van der Waals surface area (Å²) in [5.41, 5.74) is 2.78. The van der Waals surface area contributed by atoms with Gasteiger partial charge in [0.25, 0.3) is 0 Å². The van der Waals surface area contributed by atoms with Crippen molar-refractivity contribution in [2.24, 2.45) is 5.14 Å². The highest BCUT2D eigenvalue weighted by molar-refractivity contribution is 7.89. The van der Waals surface area contributed by atoms with Crippen molar-refractivity contribution in [1.29, 1.82) is 0 Å². The molecule has 1 unspecified atom stereocenters. The van der Waals surface area contributed by atoms with Gasteiger partial charge in [0.15, 0.2) is 0 Å². The second-order valence-electron chi connectivity index (χ2n) is 7.39. The summed E-state index contributed by atoms with van der Waals surface area (Å²) >= 11 is 0. The summed E-state index contributed by atoms with van der Waals surface area (Å²) in [6.07, 6.45) is -1.84. The molecule has 2 aromatic carbocycles. The molecule has 0 aliphatic rings. The summed E-state index contributed by atoms with van der Waals surface area (Å²) in [4.78, 5) is 8.39. The van der Waals surface area contributed by atoms with Crippen molar-refractivity contribution in [3.8, 4) is 17.0 Å². The van der Waals surface area contributed by atoms with Gasteiger partial charge in [0.2, 0.25) is 10.0 Å². The number of ether oxygens (including phenoxy) is 1. The molecule has 1 heterocycles. The fourth-order valence-electron chi connectivity index (χ4n) is 3.25. The average Bonchev–Trinajstić information content (AvgIpc) is 2.74. The molecule has 0 aliphatic carbocycles. The highest BCUT2D eigenvalue weighted by atomic mass is 32.2. The summed E-state index contributed by atoms with van der Waals surface area (Å²) in [5, 5.41) is 7.72. The van der Waals surface area contributed by atoms with E-state index in [2.05, 4.69) is 20.0 Å². The second kappa shape index (κ2) is 10.2. The normalized spacial score (nSPS) is 12.9. The number of nitrogens with one attached hydrogen (secondary N) is 1. The third-order valence-corrected chi connectivity index (χ3v) is 6.15. The Morgan fingerprint density at radius 1 is 1.06 bits per heavy atom. The zero-order valence-corrected chi connectivity index (χ0v) is 18.5. The number of sulfonamides is 1. The van der Waals surface area contributed by atoms with Crippen LogP contribution in [0.2, 0.25) is 0 Å². The second-order valence-corrected chi connectivity index (χ2v) is 9.23. The van der Waals surface area contributed by atoms with E-state index < -0.39 is 21.6 Å². The minimum atomic E-state index is -4.75. The Labute approximate surface area is 189 Å². The smallest absolute Gasteiger partial charge is 0.406 e. The number of primary sulfonamides is 1. The molecule has 176 valence electrons. The lowest BCUT2D eigenvalue weighted by molar-refractivity contribution is -0.274. The van der Waals surface area contributed by atoms with E-state index in [-0.39, 0.29) is 5.75 Å². The number of alkyl halides is 3. The van der Waals surface area contributed by atoms with Crippen LogP contribution in [0, 0.1) is 0 Å². The number of hydrogen-bond acceptors (Lipinski definition) is 6. The Kier molecular flexibility index (Phi) is 7.54. The van der Waals surface area contributed by atoms with Crippen LogP contribution in [0.5, 0.6) is 5.75 Å². The van der Waals surface area contributed by atoms with Crippen LogP contribution >= 0.6 is 0 Å². The monoisotopic (exact) mass is 480 g/mol. The number of nitrogens with zero attached hydrogens (tertiary/aromatic N) is 2. The Bertz CT molecular complexity index is 1170. The van der Waals surface area contributed by atoms with Crippen molar-refractivity contribution < 1.29 is 26.3 Å². The highest BCUT2D eigenvalue weighted by Gasteiger charge is 2.31. The lowest BCUT2D eigenvalue weighted by Gasteiger charge is -2.14. The SMILES string of the molecule is CCCC(Cc1ccc(-c2cc(Nc3ccc(OC(F)(F)F)cc3)ncn2)cc1)S(N)(=O)=O. The van der Waals surface area contributed by atoms with Gasteiger partial charge in [-0.25, -0.2) is 23.5 Å². The van der Waals surface area contributed by atoms with Crippen LogP contribution in [0.15, 0.2) is 60.9 Å². The van der Waals surface area contributed by atoms with E-state index in [4.69, 9.17) is 5.14 Å². The molecule has 3 aromatic rings. The zero-order valence-electron chi connectivity index (χ0n) is 17.7. The van der Waals surface area contributed by atoms with Gasteiger partial charge in [-0.1, -0.05) is 37.6 Å². The van der Waals surface area contributed by atoms with Crippen LogP contribution in [0.25, 0.3) is 11.3 Å². The first-order valence-corrected chi connectivity index (χ1v) is 11.7. The molecule has 0 aliphatic heterocycles. The number of rotatable bonds is 9. The van der Waals surface area contributed by atoms with Crippen molar-refractivity contribution in [2.75, 3.05) is 5.32 Å². The van der Waals surface area contributed by atoms with Gasteiger partial charge in [0.1, 0.15) is 17.9 Å². The predicted molar refractivity (Wildman–Crippen MR) is 119 cm³/mol. The summed E-state index contributed by atoms with van der Waals surface area (Å²) in [5.74, 6) is 0.130. The van der Waals surface area contributed by atoms with Crippen LogP contribution < -0.4 is 15.2 Å². The Morgan fingerprint density at radius 2 is 1.73 bits per heavy atom. The van der Waals surface area contributed by atoms with E-state index in [0.29, 0.717) is 36.5 Å². The Hall–Kier alpha value is -3.18. The molecule has 33 heavy (non-hydrogen) atoms. The first kappa shape index (κ1) is 24.5. The topological polar surface area (TPSA) is 107 Å². The minimum absolute atomic E-state index is 0.319. The van der Waals surface area contributed by atoms with Gasteiger partial charge in [0.05, 0.1) is 10.9 Å². The fourth-order valence-corrected chi connectivity index (χ4v) is 4.24. The third-order valence-electron chi connectivity index (χ3n) is 4.82. The molecule has 0 spiro atoms. The molecule has 11 heteroatoms. The number of aromatic nitrogens is 2. The molecule has 0 saturated carbocycles. The molecule has 3 rings (SSSR count). The number of nitrogens with two attached hydrogens (primary N) is 1. The molecule has 3 N–H and O–H groups in total. The summed E-state index contributed by atoms with van der Waals surface area (Å²) in [6, 6.07) is 14.3. The van der Waals surface area contributed by atoms with Crippen molar-refractivity contribution >= 4 is 21.5 Å². The number of anilines is 2. The van der Waals surface area contributed by atoms with Gasteiger partial charge >= 0.3 is 6.36 Å². The van der Waals surface area contributed by atoms with Crippen molar-refractivity contribution in [2.45, 2.75) is 37.8 Å². The van der Waals surface area contributed by atoms with Crippen LogP contribution in [0.3, 0.4) is 0 Å². The molecule has 1 aromatic heterocycles. The lowest BCUT2D eigenvalue weighted by atomic mass is 10.0. The van der Waals surface area contributed by atoms with Crippen LogP contribution in [0.4, 0.5) is 24.7 Å². The molecule has 0 amide bonds. The zero-order chi connectivity index (χ0) is 24.1. The maximum absolute atomic E-state index is 12.3. The first-order chi connectivity index (χ1) is 15.5. The standard InChI is InChI=1S/C22H23F3N4O3S/c1-2-3-19(33(26,30)31)12-15-4-6-16(7-5-15)20-13-21(28-14-27-20)29-17-8-10-18(11-9-17)32-22(23,24)25/h4-11,13-14,19H,2-3,12H2,1H3,(H2,26,30,31)(H,27,28,29). The van der Waals surface area contributed by atoms with E-state index in [9.17, 15) is 21.6 Å². The predicted octanol–water partition coefficient (Wildman–Crippen LogP) is 4.79. The maximum atomic E-state index is 12.3.